The number of halogens is 3. The van der Waals surface area contributed by atoms with Crippen molar-refractivity contribution in [2.24, 2.45) is 0 Å². The highest BCUT2D eigenvalue weighted by Gasteiger charge is 2.39. The molecule has 2 saturated heterocycles. The predicted molar refractivity (Wildman–Crippen MR) is 219 cm³/mol. The van der Waals surface area contributed by atoms with Crippen molar-refractivity contribution in [3.8, 4) is 22.5 Å². The Hall–Kier alpha value is -7.16. The maximum atomic E-state index is 13.9. The van der Waals surface area contributed by atoms with Gasteiger partial charge in [0, 0.05) is 117 Å². The van der Waals surface area contributed by atoms with Crippen LogP contribution in [0.2, 0.25) is 0 Å². The second-order valence-electron chi connectivity index (χ2n) is 14.8. The lowest BCUT2D eigenvalue weighted by Gasteiger charge is -2.40. The topological polar surface area (TPSA) is 126 Å². The van der Waals surface area contributed by atoms with Crippen molar-refractivity contribution in [2.75, 3.05) is 47.9 Å². The van der Waals surface area contributed by atoms with Crippen LogP contribution in [0.25, 0.3) is 44.3 Å². The predicted octanol–water partition coefficient (Wildman–Crippen LogP) is 7.74. The molecule has 292 valence electrons. The second kappa shape index (κ2) is 14.7. The molecule has 0 spiro atoms. The number of aromatic nitrogens is 9. The standard InChI is InChI=1S/C44H35F3N12/c1-57(43-53-20-29(21-54-43)38-39(49-16-15-48-38)30-23-58(24-30)36-13-12-27-7-2-4-10-34(27)55-36)22-28-19-37(56-35-11-5-3-8-32(28)35)59-25-31(26-59)40-41(51-18-17-50-40)33-9-6-14-52-42(33)44(45,46)47/h2-21,30-31H,22-26H2,1H3. The van der Waals surface area contributed by atoms with Gasteiger partial charge in [0.05, 0.1) is 33.8 Å². The molecular formula is C44H35F3N12. The third-order valence-electron chi connectivity index (χ3n) is 11.0. The van der Waals surface area contributed by atoms with Gasteiger partial charge in [-0.05, 0) is 48.0 Å². The molecule has 10 rings (SSSR count). The highest BCUT2D eigenvalue weighted by molar-refractivity contribution is 5.85. The Kier molecular flexibility index (Phi) is 8.99. The minimum absolute atomic E-state index is 0.0802. The molecule has 8 heterocycles. The molecule has 0 unspecified atom stereocenters. The molecular weight excluding hydrogens is 754 g/mol. The van der Waals surface area contributed by atoms with Crippen LogP contribution in [-0.2, 0) is 12.7 Å². The molecule has 0 N–H and O–H groups in total. The smallest absolute Gasteiger partial charge is 0.355 e. The van der Waals surface area contributed by atoms with Gasteiger partial charge in [0.2, 0.25) is 5.95 Å². The van der Waals surface area contributed by atoms with E-state index < -0.39 is 11.9 Å². The van der Waals surface area contributed by atoms with E-state index in [-0.39, 0.29) is 23.1 Å². The summed E-state index contributed by atoms with van der Waals surface area (Å²) in [6, 6.07) is 25.2. The quantitative estimate of drug-likeness (QED) is 0.142. The van der Waals surface area contributed by atoms with E-state index in [1.54, 1.807) is 24.8 Å². The minimum atomic E-state index is -4.63. The van der Waals surface area contributed by atoms with Crippen molar-refractivity contribution in [2.45, 2.75) is 24.6 Å². The monoisotopic (exact) mass is 788 g/mol. The highest BCUT2D eigenvalue weighted by atomic mass is 19.4. The minimum Gasteiger partial charge on any atom is -0.355 e. The van der Waals surface area contributed by atoms with Crippen LogP contribution in [0.15, 0.2) is 122 Å². The van der Waals surface area contributed by atoms with E-state index in [1.807, 2.05) is 54.4 Å². The Bertz CT molecular complexity index is 2820. The SMILES string of the molecule is CN(Cc1cc(N2CC(c3nccnc3-c3cccnc3C(F)(F)F)C2)nc2ccccc12)c1ncc(-c2nccnc2C2CN(c3ccc4ccccc4n3)C2)cn1. The van der Waals surface area contributed by atoms with Gasteiger partial charge in [-0.1, -0.05) is 36.4 Å². The average Bonchev–Trinajstić information content (AvgIpc) is 3.23. The summed E-state index contributed by atoms with van der Waals surface area (Å²) in [5, 5.41) is 2.12. The van der Waals surface area contributed by atoms with Gasteiger partial charge in [-0.2, -0.15) is 13.2 Å². The zero-order valence-electron chi connectivity index (χ0n) is 31.7. The zero-order chi connectivity index (χ0) is 40.1. The fourth-order valence-corrected chi connectivity index (χ4v) is 7.95. The van der Waals surface area contributed by atoms with Gasteiger partial charge in [0.1, 0.15) is 11.6 Å². The van der Waals surface area contributed by atoms with Crippen molar-refractivity contribution in [3.05, 3.63) is 145 Å². The summed E-state index contributed by atoms with van der Waals surface area (Å²) in [6.07, 6.45) is 6.47. The van der Waals surface area contributed by atoms with Gasteiger partial charge in [0.15, 0.2) is 5.69 Å². The van der Waals surface area contributed by atoms with Crippen LogP contribution < -0.4 is 14.7 Å². The van der Waals surface area contributed by atoms with E-state index in [1.165, 1.54) is 24.5 Å². The van der Waals surface area contributed by atoms with Gasteiger partial charge >= 0.3 is 6.18 Å². The zero-order valence-corrected chi connectivity index (χ0v) is 31.7. The summed E-state index contributed by atoms with van der Waals surface area (Å²) in [7, 11) is 1.95. The largest absolute Gasteiger partial charge is 0.434 e. The van der Waals surface area contributed by atoms with E-state index >= 15 is 0 Å². The third-order valence-corrected chi connectivity index (χ3v) is 11.0. The number of anilines is 3. The molecule has 2 aliphatic heterocycles. The third kappa shape index (κ3) is 6.87. The Balaban J connectivity index is 0.847. The number of benzene rings is 2. The van der Waals surface area contributed by atoms with Gasteiger partial charge in [-0.25, -0.2) is 19.9 Å². The maximum Gasteiger partial charge on any atom is 0.434 e. The molecule has 15 heteroatoms. The average molecular weight is 789 g/mol. The first-order chi connectivity index (χ1) is 28.8. The summed E-state index contributed by atoms with van der Waals surface area (Å²) in [6.45, 7) is 3.10. The fraction of sp³-hybridized carbons (Fsp3) is 0.205. The van der Waals surface area contributed by atoms with E-state index in [0.717, 1.165) is 75.2 Å². The molecule has 2 aliphatic rings. The molecule has 6 aromatic heterocycles. The van der Waals surface area contributed by atoms with Crippen LogP contribution in [0.5, 0.6) is 0 Å². The lowest BCUT2D eigenvalue weighted by Crippen LogP contribution is -2.46. The van der Waals surface area contributed by atoms with Crippen LogP contribution in [0.1, 0.15) is 34.5 Å². The maximum absolute atomic E-state index is 13.9. The molecule has 0 aliphatic carbocycles. The van der Waals surface area contributed by atoms with Crippen LogP contribution in [0.4, 0.5) is 30.8 Å². The van der Waals surface area contributed by atoms with E-state index in [0.29, 0.717) is 31.3 Å². The lowest BCUT2D eigenvalue weighted by atomic mass is 9.91. The molecule has 0 bridgehead atoms. The summed E-state index contributed by atoms with van der Waals surface area (Å²) >= 11 is 0. The van der Waals surface area contributed by atoms with E-state index in [4.69, 9.17) is 29.9 Å². The number of fused-ring (bicyclic) bond motifs is 2. The summed E-state index contributed by atoms with van der Waals surface area (Å²) in [5.41, 5.74) is 4.95. The van der Waals surface area contributed by atoms with Crippen LogP contribution in [-0.4, -0.2) is 78.1 Å². The normalized spacial score (nSPS) is 14.7. The van der Waals surface area contributed by atoms with Crippen molar-refractivity contribution in [1.82, 2.24) is 44.9 Å². The summed E-state index contributed by atoms with van der Waals surface area (Å²) in [5.74, 6) is 2.31. The molecule has 0 radical (unpaired) electrons. The van der Waals surface area contributed by atoms with Crippen molar-refractivity contribution in [3.63, 3.8) is 0 Å². The first kappa shape index (κ1) is 36.2. The van der Waals surface area contributed by atoms with Gasteiger partial charge in [-0.3, -0.25) is 24.9 Å². The first-order valence-electron chi connectivity index (χ1n) is 19.2. The molecule has 2 aromatic carbocycles. The lowest BCUT2D eigenvalue weighted by molar-refractivity contribution is -0.140. The van der Waals surface area contributed by atoms with Crippen molar-refractivity contribution >= 4 is 39.4 Å². The number of nitrogens with zero attached hydrogens (tertiary/aromatic N) is 12. The van der Waals surface area contributed by atoms with E-state index in [9.17, 15) is 13.2 Å². The van der Waals surface area contributed by atoms with Gasteiger partial charge in [-0.15, -0.1) is 0 Å². The fourth-order valence-electron chi connectivity index (χ4n) is 7.95. The number of pyridine rings is 3. The number of hydrogen-bond acceptors (Lipinski definition) is 12. The Morgan fingerprint density at radius 1 is 0.627 bits per heavy atom. The molecule has 0 atom stereocenters. The summed E-state index contributed by atoms with van der Waals surface area (Å²) < 4.78 is 41.7. The van der Waals surface area contributed by atoms with Crippen molar-refractivity contribution in [1.29, 1.82) is 0 Å². The number of alkyl halides is 3. The molecule has 2 fully saturated rings. The second-order valence-corrected chi connectivity index (χ2v) is 14.8. The number of hydrogen-bond donors (Lipinski definition) is 0. The van der Waals surface area contributed by atoms with Gasteiger partial charge < -0.3 is 14.7 Å². The van der Waals surface area contributed by atoms with Crippen LogP contribution in [0.3, 0.4) is 0 Å². The number of rotatable bonds is 9. The van der Waals surface area contributed by atoms with Gasteiger partial charge in [0.25, 0.3) is 0 Å². The van der Waals surface area contributed by atoms with Crippen molar-refractivity contribution < 1.29 is 13.2 Å². The highest BCUT2D eigenvalue weighted by Crippen LogP contribution is 2.40. The van der Waals surface area contributed by atoms with E-state index in [2.05, 4.69) is 49.0 Å². The molecule has 12 nitrogen and oxygen atoms in total. The molecule has 0 amide bonds. The van der Waals surface area contributed by atoms with Crippen LogP contribution >= 0.6 is 0 Å². The molecule has 0 saturated carbocycles. The number of para-hydroxylation sites is 2. The first-order valence-corrected chi connectivity index (χ1v) is 19.2. The van der Waals surface area contributed by atoms with Crippen LogP contribution in [0, 0.1) is 0 Å². The Morgan fingerprint density at radius 2 is 1.25 bits per heavy atom. The Labute approximate surface area is 336 Å². The molecule has 59 heavy (non-hydrogen) atoms. The molecule has 8 aromatic rings. The Morgan fingerprint density at radius 3 is 2.00 bits per heavy atom. The summed E-state index contributed by atoms with van der Waals surface area (Å²) in [4.78, 5) is 47.6.